The van der Waals surface area contributed by atoms with Crippen LogP contribution in [0.15, 0.2) is 78.3 Å². The van der Waals surface area contributed by atoms with Crippen LogP contribution in [0.2, 0.25) is 0 Å². The van der Waals surface area contributed by atoms with Crippen molar-refractivity contribution in [3.63, 3.8) is 0 Å². The van der Waals surface area contributed by atoms with Crippen LogP contribution in [0.1, 0.15) is 30.1 Å². The van der Waals surface area contributed by atoms with Crippen LogP contribution < -0.4 is 9.54 Å². The number of carbonyl (C=O) groups is 1. The molecule has 0 saturated carbocycles. The standard InChI is InChI=1S/C25H24N2O2S/c1-3-5-16-29-20-11-8-10-19(17-20)24(28)26-25-27(15-4-2)22-14-13-18-9-6-7-12-21(18)23(22)30-25/h4,6-14,17H,2-3,5,15-16H2,1H3. The number of ether oxygens (including phenoxy) is 1. The van der Waals surface area contributed by atoms with E-state index in [1.54, 1.807) is 12.1 Å². The molecule has 0 aliphatic carbocycles. The van der Waals surface area contributed by atoms with Gasteiger partial charge in [-0.05, 0) is 36.1 Å². The van der Waals surface area contributed by atoms with Gasteiger partial charge >= 0.3 is 0 Å². The third kappa shape index (κ3) is 4.07. The number of hydrogen-bond donors (Lipinski definition) is 0. The highest BCUT2D eigenvalue weighted by Gasteiger charge is 2.11. The van der Waals surface area contributed by atoms with Gasteiger partial charge in [-0.1, -0.05) is 67.2 Å². The molecule has 0 spiro atoms. The first-order valence-electron chi connectivity index (χ1n) is 10.1. The molecule has 0 radical (unpaired) electrons. The third-order valence-electron chi connectivity index (χ3n) is 4.93. The van der Waals surface area contributed by atoms with Crippen molar-refractivity contribution in [1.29, 1.82) is 0 Å². The summed E-state index contributed by atoms with van der Waals surface area (Å²) in [6.45, 7) is 7.23. The number of hydrogen-bond acceptors (Lipinski definition) is 3. The predicted octanol–water partition coefficient (Wildman–Crippen LogP) is 5.96. The van der Waals surface area contributed by atoms with Gasteiger partial charge in [-0.3, -0.25) is 4.79 Å². The van der Waals surface area contributed by atoms with Gasteiger partial charge in [-0.25, -0.2) is 0 Å². The average molecular weight is 417 g/mol. The van der Waals surface area contributed by atoms with Gasteiger partial charge in [0.25, 0.3) is 5.91 Å². The molecule has 0 bridgehead atoms. The van der Waals surface area contributed by atoms with Gasteiger partial charge in [0, 0.05) is 17.5 Å². The Balaban J connectivity index is 1.77. The largest absolute Gasteiger partial charge is 0.494 e. The van der Waals surface area contributed by atoms with Crippen LogP contribution in [-0.2, 0) is 6.54 Å². The molecule has 0 atom stereocenters. The monoisotopic (exact) mass is 416 g/mol. The third-order valence-corrected chi connectivity index (χ3v) is 6.06. The highest BCUT2D eigenvalue weighted by molar-refractivity contribution is 7.17. The molecule has 1 heterocycles. The molecule has 0 N–H and O–H groups in total. The van der Waals surface area contributed by atoms with Crippen LogP contribution >= 0.6 is 11.3 Å². The molecule has 4 rings (SSSR count). The zero-order valence-corrected chi connectivity index (χ0v) is 17.8. The Morgan fingerprint density at radius 2 is 2.03 bits per heavy atom. The van der Waals surface area contributed by atoms with E-state index < -0.39 is 0 Å². The molecule has 0 aliphatic heterocycles. The van der Waals surface area contributed by atoms with Crippen LogP contribution in [0.4, 0.5) is 0 Å². The molecule has 4 aromatic rings. The maximum atomic E-state index is 12.9. The maximum Gasteiger partial charge on any atom is 0.279 e. The van der Waals surface area contributed by atoms with Gasteiger partial charge in [-0.15, -0.1) is 6.58 Å². The fraction of sp³-hybridized carbons (Fsp3) is 0.200. The Bertz CT molecular complexity index is 1280. The summed E-state index contributed by atoms with van der Waals surface area (Å²) in [4.78, 5) is 18.1. The van der Waals surface area contributed by atoms with E-state index in [-0.39, 0.29) is 5.91 Å². The summed E-state index contributed by atoms with van der Waals surface area (Å²) in [5.74, 6) is 0.426. The summed E-state index contributed by atoms with van der Waals surface area (Å²) in [6.07, 6.45) is 3.88. The topological polar surface area (TPSA) is 43.6 Å². The van der Waals surface area contributed by atoms with Crippen LogP contribution in [0.25, 0.3) is 21.0 Å². The summed E-state index contributed by atoms with van der Waals surface area (Å²) in [6, 6.07) is 19.7. The maximum absolute atomic E-state index is 12.9. The number of nitrogens with zero attached hydrogens (tertiary/aromatic N) is 2. The number of benzene rings is 3. The van der Waals surface area contributed by atoms with Crippen molar-refractivity contribution in [1.82, 2.24) is 4.57 Å². The summed E-state index contributed by atoms with van der Waals surface area (Å²) < 4.78 is 8.90. The molecule has 30 heavy (non-hydrogen) atoms. The van der Waals surface area contributed by atoms with Crippen molar-refractivity contribution in [3.8, 4) is 5.75 Å². The molecule has 4 nitrogen and oxygen atoms in total. The Labute approximate surface area is 179 Å². The molecule has 1 amide bonds. The lowest BCUT2D eigenvalue weighted by Crippen LogP contribution is -2.16. The minimum absolute atomic E-state index is 0.274. The van der Waals surface area contributed by atoms with E-state index in [0.29, 0.717) is 29.3 Å². The number of unbranched alkanes of at least 4 members (excludes halogenated alkanes) is 1. The molecule has 0 fully saturated rings. The molecule has 5 heteroatoms. The van der Waals surface area contributed by atoms with Gasteiger partial charge in [0.2, 0.25) is 0 Å². The number of fused-ring (bicyclic) bond motifs is 3. The van der Waals surface area contributed by atoms with Crippen LogP contribution in [0.5, 0.6) is 5.75 Å². The molecule has 1 aromatic heterocycles. The fourth-order valence-corrected chi connectivity index (χ4v) is 4.57. The first-order chi connectivity index (χ1) is 14.7. The lowest BCUT2D eigenvalue weighted by molar-refractivity contribution is 0.0997. The van der Waals surface area contributed by atoms with E-state index in [4.69, 9.17) is 4.74 Å². The van der Waals surface area contributed by atoms with E-state index >= 15 is 0 Å². The van der Waals surface area contributed by atoms with Crippen LogP contribution in [-0.4, -0.2) is 17.1 Å². The number of allylic oxidation sites excluding steroid dienone is 1. The molecule has 152 valence electrons. The van der Waals surface area contributed by atoms with Crippen molar-refractivity contribution < 1.29 is 9.53 Å². The highest BCUT2D eigenvalue weighted by Crippen LogP contribution is 2.27. The fourth-order valence-electron chi connectivity index (χ4n) is 3.39. The number of rotatable bonds is 7. The van der Waals surface area contributed by atoms with Gasteiger partial charge < -0.3 is 9.30 Å². The second-order valence-electron chi connectivity index (χ2n) is 7.07. The van der Waals surface area contributed by atoms with Gasteiger partial charge in [0.15, 0.2) is 4.80 Å². The van der Waals surface area contributed by atoms with Crippen molar-refractivity contribution in [2.75, 3.05) is 6.61 Å². The van der Waals surface area contributed by atoms with Gasteiger partial charge in [-0.2, -0.15) is 4.99 Å². The van der Waals surface area contributed by atoms with Crippen molar-refractivity contribution in [3.05, 3.63) is 83.7 Å². The number of thiazole rings is 1. The number of aromatic nitrogens is 1. The highest BCUT2D eigenvalue weighted by atomic mass is 32.1. The van der Waals surface area contributed by atoms with Crippen LogP contribution in [0, 0.1) is 0 Å². The molecule has 0 unspecified atom stereocenters. The van der Waals surface area contributed by atoms with E-state index in [2.05, 4.69) is 42.8 Å². The van der Waals surface area contributed by atoms with E-state index in [1.807, 2.05) is 34.9 Å². The normalized spacial score (nSPS) is 11.8. The minimum atomic E-state index is -0.274. The molecule has 0 aliphatic rings. The number of carbonyl (C=O) groups excluding carboxylic acids is 1. The molecular formula is C25H24N2O2S. The molecular weight excluding hydrogens is 392 g/mol. The summed E-state index contributed by atoms with van der Waals surface area (Å²) in [5, 5.41) is 2.34. The Morgan fingerprint density at radius 1 is 1.17 bits per heavy atom. The quantitative estimate of drug-likeness (QED) is 0.275. The van der Waals surface area contributed by atoms with Crippen molar-refractivity contribution >= 4 is 38.2 Å². The Kier molecular flexibility index (Phi) is 6.10. The lowest BCUT2D eigenvalue weighted by Gasteiger charge is -2.06. The van der Waals surface area contributed by atoms with Gasteiger partial charge in [0.05, 0.1) is 16.8 Å². The SMILES string of the molecule is C=CCn1c(=NC(=O)c2cccc(OCCCC)c2)sc2c3ccccc3ccc21. The predicted molar refractivity (Wildman–Crippen MR) is 124 cm³/mol. The lowest BCUT2D eigenvalue weighted by atomic mass is 10.1. The number of amides is 1. The zero-order chi connectivity index (χ0) is 20.9. The summed E-state index contributed by atoms with van der Waals surface area (Å²) in [5.41, 5.74) is 1.58. The second kappa shape index (κ2) is 9.09. The van der Waals surface area contributed by atoms with Crippen molar-refractivity contribution in [2.45, 2.75) is 26.3 Å². The first-order valence-corrected chi connectivity index (χ1v) is 11.0. The average Bonchev–Trinajstić information content (AvgIpc) is 3.12. The van der Waals surface area contributed by atoms with Crippen molar-refractivity contribution in [2.24, 2.45) is 4.99 Å². The molecule has 0 saturated heterocycles. The van der Waals surface area contributed by atoms with Crippen LogP contribution in [0.3, 0.4) is 0 Å². The van der Waals surface area contributed by atoms with Gasteiger partial charge in [0.1, 0.15) is 5.75 Å². The smallest absolute Gasteiger partial charge is 0.279 e. The van der Waals surface area contributed by atoms with E-state index in [9.17, 15) is 4.79 Å². The Morgan fingerprint density at radius 3 is 2.87 bits per heavy atom. The zero-order valence-electron chi connectivity index (χ0n) is 17.0. The first kappa shape index (κ1) is 20.1. The minimum Gasteiger partial charge on any atom is -0.494 e. The van der Waals surface area contributed by atoms with E-state index in [0.717, 1.165) is 28.4 Å². The Hall–Kier alpha value is -3.18. The summed E-state index contributed by atoms with van der Waals surface area (Å²) in [7, 11) is 0. The van der Waals surface area contributed by atoms with E-state index in [1.165, 1.54) is 16.7 Å². The molecule has 3 aromatic carbocycles. The summed E-state index contributed by atoms with van der Waals surface area (Å²) >= 11 is 1.53. The second-order valence-corrected chi connectivity index (χ2v) is 8.04.